The van der Waals surface area contributed by atoms with Crippen LogP contribution in [-0.2, 0) is 0 Å². The Morgan fingerprint density at radius 2 is 1.55 bits per heavy atom. The third-order valence-corrected chi connectivity index (χ3v) is 3.25. The number of nitrogens with zero attached hydrogens (tertiary/aromatic N) is 2. The SMILES string of the molecule is Cc1cc(C)cc(-c2nc(-c3ccc(Cl)cc3)no2)c1. The predicted molar refractivity (Wildman–Crippen MR) is 79.7 cm³/mol. The van der Waals surface area contributed by atoms with Crippen molar-refractivity contribution in [3.05, 3.63) is 58.6 Å². The fraction of sp³-hybridized carbons (Fsp3) is 0.125. The Balaban J connectivity index is 1.99. The molecule has 100 valence electrons. The van der Waals surface area contributed by atoms with Crippen LogP contribution in [0.4, 0.5) is 0 Å². The van der Waals surface area contributed by atoms with Crippen LogP contribution in [0.3, 0.4) is 0 Å². The Morgan fingerprint density at radius 1 is 0.900 bits per heavy atom. The first-order valence-electron chi connectivity index (χ1n) is 6.30. The van der Waals surface area contributed by atoms with Gasteiger partial charge in [0.05, 0.1) is 0 Å². The lowest BCUT2D eigenvalue weighted by molar-refractivity contribution is 0.432. The highest BCUT2D eigenvalue weighted by molar-refractivity contribution is 6.30. The van der Waals surface area contributed by atoms with Gasteiger partial charge >= 0.3 is 0 Å². The minimum atomic E-state index is 0.529. The van der Waals surface area contributed by atoms with Gasteiger partial charge in [0.1, 0.15) is 0 Å². The van der Waals surface area contributed by atoms with Crippen LogP contribution < -0.4 is 0 Å². The molecule has 0 saturated carbocycles. The molecule has 0 amide bonds. The summed E-state index contributed by atoms with van der Waals surface area (Å²) in [7, 11) is 0. The third-order valence-electron chi connectivity index (χ3n) is 3.00. The second kappa shape index (κ2) is 5.10. The Bertz CT molecular complexity index is 727. The van der Waals surface area contributed by atoms with Crippen molar-refractivity contribution in [1.82, 2.24) is 10.1 Å². The molecule has 0 radical (unpaired) electrons. The Hall–Kier alpha value is -2.13. The number of hydrogen-bond acceptors (Lipinski definition) is 3. The van der Waals surface area contributed by atoms with E-state index in [1.165, 1.54) is 11.1 Å². The molecule has 0 aliphatic heterocycles. The summed E-state index contributed by atoms with van der Waals surface area (Å²) in [5.41, 5.74) is 4.17. The molecule has 1 aromatic heterocycles. The maximum atomic E-state index is 5.87. The zero-order chi connectivity index (χ0) is 14.1. The van der Waals surface area contributed by atoms with Gasteiger partial charge in [0.2, 0.25) is 5.82 Å². The highest BCUT2D eigenvalue weighted by atomic mass is 35.5. The van der Waals surface area contributed by atoms with Crippen molar-refractivity contribution >= 4 is 11.6 Å². The van der Waals surface area contributed by atoms with E-state index in [2.05, 4.69) is 16.2 Å². The van der Waals surface area contributed by atoms with E-state index in [9.17, 15) is 0 Å². The standard InChI is InChI=1S/C16H13ClN2O/c1-10-7-11(2)9-13(8-10)16-18-15(19-20-16)12-3-5-14(17)6-4-12/h3-9H,1-2H3. The van der Waals surface area contributed by atoms with E-state index in [1.54, 1.807) is 0 Å². The maximum absolute atomic E-state index is 5.87. The van der Waals surface area contributed by atoms with Gasteiger partial charge in [-0.05, 0) is 50.2 Å². The lowest BCUT2D eigenvalue weighted by atomic mass is 10.1. The van der Waals surface area contributed by atoms with Crippen LogP contribution in [0.1, 0.15) is 11.1 Å². The van der Waals surface area contributed by atoms with Gasteiger partial charge < -0.3 is 4.52 Å². The lowest BCUT2D eigenvalue weighted by Gasteiger charge is -1.99. The van der Waals surface area contributed by atoms with Crippen LogP contribution in [0.2, 0.25) is 5.02 Å². The molecule has 3 nitrogen and oxygen atoms in total. The number of aromatic nitrogens is 2. The number of aryl methyl sites for hydroxylation is 2. The first kappa shape index (κ1) is 12.9. The Morgan fingerprint density at radius 3 is 2.20 bits per heavy atom. The van der Waals surface area contributed by atoms with Gasteiger partial charge in [-0.2, -0.15) is 4.98 Å². The van der Waals surface area contributed by atoms with Gasteiger partial charge in [-0.1, -0.05) is 34.0 Å². The molecule has 20 heavy (non-hydrogen) atoms. The molecule has 0 bridgehead atoms. The zero-order valence-electron chi connectivity index (χ0n) is 11.2. The van der Waals surface area contributed by atoms with Gasteiger partial charge in [-0.25, -0.2) is 0 Å². The topological polar surface area (TPSA) is 38.9 Å². The van der Waals surface area contributed by atoms with Gasteiger partial charge in [-0.15, -0.1) is 0 Å². The summed E-state index contributed by atoms with van der Waals surface area (Å²) in [6.07, 6.45) is 0. The average molecular weight is 285 g/mol. The second-order valence-corrected chi connectivity index (χ2v) is 5.24. The van der Waals surface area contributed by atoms with E-state index in [0.29, 0.717) is 16.7 Å². The van der Waals surface area contributed by atoms with E-state index in [0.717, 1.165) is 11.1 Å². The molecule has 0 atom stereocenters. The van der Waals surface area contributed by atoms with Crippen LogP contribution >= 0.6 is 11.6 Å². The molecule has 0 fully saturated rings. The number of hydrogen-bond donors (Lipinski definition) is 0. The van der Waals surface area contributed by atoms with Crippen LogP contribution in [0.15, 0.2) is 47.0 Å². The quantitative estimate of drug-likeness (QED) is 0.686. The maximum Gasteiger partial charge on any atom is 0.258 e. The lowest BCUT2D eigenvalue weighted by Crippen LogP contribution is -1.83. The minimum Gasteiger partial charge on any atom is -0.334 e. The van der Waals surface area contributed by atoms with Crippen molar-refractivity contribution in [2.24, 2.45) is 0 Å². The first-order chi connectivity index (χ1) is 9.61. The monoisotopic (exact) mass is 284 g/mol. The van der Waals surface area contributed by atoms with E-state index >= 15 is 0 Å². The number of benzene rings is 2. The molecule has 0 spiro atoms. The molecule has 0 saturated heterocycles. The Kier molecular flexibility index (Phi) is 3.28. The predicted octanol–water partition coefficient (Wildman–Crippen LogP) is 4.67. The van der Waals surface area contributed by atoms with Gasteiger partial charge in [0.15, 0.2) is 0 Å². The van der Waals surface area contributed by atoms with E-state index in [-0.39, 0.29) is 0 Å². The number of rotatable bonds is 2. The molecule has 4 heteroatoms. The van der Waals surface area contributed by atoms with Gasteiger partial charge in [-0.3, -0.25) is 0 Å². The molecule has 2 aromatic carbocycles. The largest absolute Gasteiger partial charge is 0.334 e. The zero-order valence-corrected chi connectivity index (χ0v) is 12.0. The van der Waals surface area contributed by atoms with Gasteiger partial charge in [0, 0.05) is 16.1 Å². The Labute approximate surface area is 122 Å². The molecular formula is C16H13ClN2O. The summed E-state index contributed by atoms with van der Waals surface area (Å²) < 4.78 is 5.35. The highest BCUT2D eigenvalue weighted by Gasteiger charge is 2.11. The molecule has 0 aliphatic carbocycles. The normalized spacial score (nSPS) is 10.8. The van der Waals surface area contributed by atoms with Crippen molar-refractivity contribution in [3.8, 4) is 22.8 Å². The summed E-state index contributed by atoms with van der Waals surface area (Å²) in [5, 5.41) is 4.71. The highest BCUT2D eigenvalue weighted by Crippen LogP contribution is 2.24. The number of halogens is 1. The minimum absolute atomic E-state index is 0.529. The van der Waals surface area contributed by atoms with Crippen molar-refractivity contribution in [3.63, 3.8) is 0 Å². The summed E-state index contributed by atoms with van der Waals surface area (Å²) in [4.78, 5) is 4.44. The van der Waals surface area contributed by atoms with Gasteiger partial charge in [0.25, 0.3) is 5.89 Å². The van der Waals surface area contributed by atoms with Crippen LogP contribution in [0, 0.1) is 13.8 Å². The molecule has 3 aromatic rings. The third kappa shape index (κ3) is 2.58. The molecular weight excluding hydrogens is 272 g/mol. The van der Waals surface area contributed by atoms with Crippen molar-refractivity contribution in [1.29, 1.82) is 0 Å². The first-order valence-corrected chi connectivity index (χ1v) is 6.68. The summed E-state index contributed by atoms with van der Waals surface area (Å²) >= 11 is 5.87. The van der Waals surface area contributed by atoms with E-state index in [1.807, 2.05) is 50.2 Å². The van der Waals surface area contributed by atoms with E-state index in [4.69, 9.17) is 16.1 Å². The fourth-order valence-electron chi connectivity index (χ4n) is 2.16. The molecule has 0 aliphatic rings. The fourth-order valence-corrected chi connectivity index (χ4v) is 2.28. The summed E-state index contributed by atoms with van der Waals surface area (Å²) in [5.74, 6) is 1.09. The van der Waals surface area contributed by atoms with Crippen molar-refractivity contribution < 1.29 is 4.52 Å². The van der Waals surface area contributed by atoms with Crippen molar-refractivity contribution in [2.75, 3.05) is 0 Å². The summed E-state index contributed by atoms with van der Waals surface area (Å²) in [6.45, 7) is 4.10. The van der Waals surface area contributed by atoms with Crippen LogP contribution in [-0.4, -0.2) is 10.1 Å². The van der Waals surface area contributed by atoms with Crippen molar-refractivity contribution in [2.45, 2.75) is 13.8 Å². The second-order valence-electron chi connectivity index (χ2n) is 4.81. The van der Waals surface area contributed by atoms with Crippen LogP contribution in [0.5, 0.6) is 0 Å². The summed E-state index contributed by atoms with van der Waals surface area (Å²) in [6, 6.07) is 13.5. The van der Waals surface area contributed by atoms with Crippen LogP contribution in [0.25, 0.3) is 22.8 Å². The molecule has 1 heterocycles. The molecule has 3 rings (SSSR count). The average Bonchev–Trinajstić information content (AvgIpc) is 2.88. The van der Waals surface area contributed by atoms with E-state index < -0.39 is 0 Å². The molecule has 0 N–H and O–H groups in total. The molecule has 0 unspecified atom stereocenters. The smallest absolute Gasteiger partial charge is 0.258 e.